The maximum Gasteiger partial charge on any atom is 0.241 e. The van der Waals surface area contributed by atoms with Crippen LogP contribution in [0, 0.1) is 11.3 Å². The SMILES string of the molecule is COc1ccc(NC(=O)CC#N)cc1S(N)(=O)=O. The van der Waals surface area contributed by atoms with Gasteiger partial charge in [-0.2, -0.15) is 5.26 Å². The summed E-state index contributed by atoms with van der Waals surface area (Å²) in [6.07, 6.45) is -0.323. The first-order chi connectivity index (χ1) is 8.38. The second kappa shape index (κ2) is 5.48. The van der Waals surface area contributed by atoms with Gasteiger partial charge in [-0.1, -0.05) is 0 Å². The molecule has 0 atom stereocenters. The van der Waals surface area contributed by atoms with Crippen molar-refractivity contribution in [2.45, 2.75) is 11.3 Å². The molecule has 7 nitrogen and oxygen atoms in total. The Balaban J connectivity index is 3.12. The Kier molecular flexibility index (Phi) is 4.25. The molecule has 3 N–H and O–H groups in total. The number of methoxy groups -OCH3 is 1. The highest BCUT2D eigenvalue weighted by molar-refractivity contribution is 7.89. The second-order valence-corrected chi connectivity index (χ2v) is 4.82. The molecule has 0 heterocycles. The van der Waals surface area contributed by atoms with Crippen molar-refractivity contribution in [1.82, 2.24) is 0 Å². The van der Waals surface area contributed by atoms with Crippen LogP contribution in [-0.2, 0) is 14.8 Å². The van der Waals surface area contributed by atoms with Gasteiger partial charge in [-0.3, -0.25) is 4.79 Å². The van der Waals surface area contributed by atoms with E-state index in [2.05, 4.69) is 5.32 Å². The predicted octanol–water partition coefficient (Wildman–Crippen LogP) is 0.195. The van der Waals surface area contributed by atoms with Crippen LogP contribution in [0.4, 0.5) is 5.69 Å². The third kappa shape index (κ3) is 3.44. The smallest absolute Gasteiger partial charge is 0.241 e. The molecule has 0 spiro atoms. The molecule has 0 bridgehead atoms. The molecule has 0 saturated heterocycles. The normalized spacial score (nSPS) is 10.5. The summed E-state index contributed by atoms with van der Waals surface area (Å²) in [5.41, 5.74) is 0.222. The van der Waals surface area contributed by atoms with E-state index in [-0.39, 0.29) is 22.8 Å². The number of hydrogen-bond donors (Lipinski definition) is 2. The Morgan fingerprint density at radius 1 is 1.56 bits per heavy atom. The van der Waals surface area contributed by atoms with Gasteiger partial charge in [0.1, 0.15) is 17.1 Å². The molecule has 1 rings (SSSR count). The molecule has 0 aliphatic carbocycles. The number of sulfonamides is 1. The summed E-state index contributed by atoms with van der Waals surface area (Å²) in [6, 6.07) is 5.66. The third-order valence-corrected chi connectivity index (χ3v) is 2.93. The van der Waals surface area contributed by atoms with E-state index < -0.39 is 15.9 Å². The molecule has 96 valence electrons. The number of hydrogen-bond acceptors (Lipinski definition) is 5. The van der Waals surface area contributed by atoms with E-state index in [0.29, 0.717) is 0 Å². The Hall–Kier alpha value is -2.11. The van der Waals surface area contributed by atoms with Crippen LogP contribution in [0.2, 0.25) is 0 Å². The number of nitrogens with one attached hydrogen (secondary N) is 1. The van der Waals surface area contributed by atoms with Gasteiger partial charge in [-0.05, 0) is 18.2 Å². The minimum atomic E-state index is -3.96. The number of ether oxygens (including phenoxy) is 1. The highest BCUT2D eigenvalue weighted by atomic mass is 32.2. The molecular formula is C10H11N3O4S. The van der Waals surface area contributed by atoms with Crippen molar-refractivity contribution >= 4 is 21.6 Å². The summed E-state index contributed by atoms with van der Waals surface area (Å²) in [7, 11) is -2.65. The van der Waals surface area contributed by atoms with E-state index >= 15 is 0 Å². The van der Waals surface area contributed by atoms with Crippen LogP contribution in [0.15, 0.2) is 23.1 Å². The molecule has 0 aromatic heterocycles. The highest BCUT2D eigenvalue weighted by Gasteiger charge is 2.16. The molecular weight excluding hydrogens is 258 g/mol. The molecule has 1 aromatic rings. The molecule has 0 unspecified atom stereocenters. The molecule has 0 aliphatic rings. The van der Waals surface area contributed by atoms with Crippen LogP contribution in [-0.4, -0.2) is 21.4 Å². The maximum atomic E-state index is 11.3. The van der Waals surface area contributed by atoms with Crippen LogP contribution in [0.3, 0.4) is 0 Å². The number of nitriles is 1. The highest BCUT2D eigenvalue weighted by Crippen LogP contribution is 2.26. The fourth-order valence-electron chi connectivity index (χ4n) is 1.25. The second-order valence-electron chi connectivity index (χ2n) is 3.29. The first-order valence-electron chi connectivity index (χ1n) is 4.76. The number of primary sulfonamides is 1. The molecule has 0 fully saturated rings. The van der Waals surface area contributed by atoms with Crippen molar-refractivity contribution in [2.24, 2.45) is 5.14 Å². The fraction of sp³-hybridized carbons (Fsp3) is 0.200. The molecule has 1 amide bonds. The van der Waals surface area contributed by atoms with Crippen LogP contribution in [0.5, 0.6) is 5.75 Å². The van der Waals surface area contributed by atoms with Gasteiger partial charge in [-0.15, -0.1) is 0 Å². The molecule has 8 heteroatoms. The molecule has 18 heavy (non-hydrogen) atoms. The zero-order valence-electron chi connectivity index (χ0n) is 9.50. The Morgan fingerprint density at radius 3 is 2.72 bits per heavy atom. The van der Waals surface area contributed by atoms with Gasteiger partial charge in [0, 0.05) is 5.69 Å². The van der Waals surface area contributed by atoms with Gasteiger partial charge < -0.3 is 10.1 Å². The first-order valence-corrected chi connectivity index (χ1v) is 6.30. The average molecular weight is 269 g/mol. The van der Waals surface area contributed by atoms with Crippen molar-refractivity contribution in [3.05, 3.63) is 18.2 Å². The Bertz CT molecular complexity index is 604. The van der Waals surface area contributed by atoms with Gasteiger partial charge in [-0.25, -0.2) is 13.6 Å². The fourth-order valence-corrected chi connectivity index (χ4v) is 1.98. The number of benzene rings is 1. The van der Waals surface area contributed by atoms with Crippen LogP contribution in [0.25, 0.3) is 0 Å². The summed E-state index contributed by atoms with van der Waals surface area (Å²) in [6.45, 7) is 0. The number of anilines is 1. The van der Waals surface area contributed by atoms with Gasteiger partial charge in [0.25, 0.3) is 0 Å². The lowest BCUT2D eigenvalue weighted by atomic mass is 10.3. The molecule has 0 saturated carbocycles. The number of nitrogens with two attached hydrogens (primary N) is 1. The van der Waals surface area contributed by atoms with E-state index in [1.165, 1.54) is 25.3 Å². The lowest BCUT2D eigenvalue weighted by molar-refractivity contribution is -0.115. The van der Waals surface area contributed by atoms with E-state index in [4.69, 9.17) is 15.1 Å². The third-order valence-electron chi connectivity index (χ3n) is 1.99. The lowest BCUT2D eigenvalue weighted by Gasteiger charge is -2.09. The van der Waals surface area contributed by atoms with Crippen molar-refractivity contribution < 1.29 is 17.9 Å². The van der Waals surface area contributed by atoms with Crippen LogP contribution < -0.4 is 15.2 Å². The van der Waals surface area contributed by atoms with E-state index in [9.17, 15) is 13.2 Å². The first kappa shape index (κ1) is 14.0. The van der Waals surface area contributed by atoms with Crippen LogP contribution in [0.1, 0.15) is 6.42 Å². The summed E-state index contributed by atoms with van der Waals surface area (Å²) in [5, 5.41) is 15.7. The van der Waals surface area contributed by atoms with E-state index in [1.54, 1.807) is 6.07 Å². The number of carbonyl (C=O) groups is 1. The quantitative estimate of drug-likeness (QED) is 0.808. The maximum absolute atomic E-state index is 11.3. The van der Waals surface area contributed by atoms with Crippen molar-refractivity contribution in [3.63, 3.8) is 0 Å². The van der Waals surface area contributed by atoms with Gasteiger partial charge >= 0.3 is 0 Å². The monoisotopic (exact) mass is 269 g/mol. The van der Waals surface area contributed by atoms with Crippen molar-refractivity contribution in [1.29, 1.82) is 5.26 Å². The molecule has 0 aliphatic heterocycles. The molecule has 0 radical (unpaired) electrons. The zero-order chi connectivity index (χ0) is 13.8. The predicted molar refractivity (Wildman–Crippen MR) is 63.2 cm³/mol. The summed E-state index contributed by atoms with van der Waals surface area (Å²) >= 11 is 0. The summed E-state index contributed by atoms with van der Waals surface area (Å²) in [5.74, 6) is -0.459. The number of amides is 1. The summed E-state index contributed by atoms with van der Waals surface area (Å²) < 4.78 is 27.5. The topological polar surface area (TPSA) is 122 Å². The van der Waals surface area contributed by atoms with E-state index in [0.717, 1.165) is 0 Å². The van der Waals surface area contributed by atoms with Crippen LogP contribution >= 0.6 is 0 Å². The molecule has 1 aromatic carbocycles. The number of nitrogens with zero attached hydrogens (tertiary/aromatic N) is 1. The Labute approximate surface area is 104 Å². The lowest BCUT2D eigenvalue weighted by Crippen LogP contribution is -2.15. The number of rotatable bonds is 4. The number of carbonyl (C=O) groups excluding carboxylic acids is 1. The standard InChI is InChI=1S/C10H11N3O4S/c1-17-8-3-2-7(13-10(14)4-5-11)6-9(8)18(12,15)16/h2-3,6H,4H2,1H3,(H,13,14)(H2,12,15,16). The zero-order valence-corrected chi connectivity index (χ0v) is 10.3. The van der Waals surface area contributed by atoms with Gasteiger partial charge in [0.05, 0.1) is 13.2 Å². The summed E-state index contributed by atoms with van der Waals surface area (Å²) in [4.78, 5) is 10.9. The van der Waals surface area contributed by atoms with Gasteiger partial charge in [0.2, 0.25) is 15.9 Å². The van der Waals surface area contributed by atoms with E-state index in [1.807, 2.05) is 0 Å². The minimum absolute atomic E-state index is 0.0794. The average Bonchev–Trinajstić information content (AvgIpc) is 2.28. The van der Waals surface area contributed by atoms with Crippen molar-refractivity contribution in [3.8, 4) is 11.8 Å². The minimum Gasteiger partial charge on any atom is -0.495 e. The van der Waals surface area contributed by atoms with Crippen molar-refractivity contribution in [2.75, 3.05) is 12.4 Å². The Morgan fingerprint density at radius 2 is 2.22 bits per heavy atom. The van der Waals surface area contributed by atoms with Gasteiger partial charge in [0.15, 0.2) is 0 Å². The largest absolute Gasteiger partial charge is 0.495 e.